The molecule has 0 amide bonds. The maximum Gasteiger partial charge on any atom is 0.509 e. The predicted octanol–water partition coefficient (Wildman–Crippen LogP) is 4.01. The van der Waals surface area contributed by atoms with Crippen LogP contribution in [0.5, 0.6) is 0 Å². The molecule has 0 radical (unpaired) electrons. The second-order valence-corrected chi connectivity index (χ2v) is 9.18. The second kappa shape index (κ2) is 4.21. The summed E-state index contributed by atoms with van der Waals surface area (Å²) in [6.07, 6.45) is 10.8. The van der Waals surface area contributed by atoms with Crippen LogP contribution >= 0.6 is 0 Å². The van der Waals surface area contributed by atoms with E-state index in [0.717, 1.165) is 60.2 Å². The van der Waals surface area contributed by atoms with Gasteiger partial charge in [-0.05, 0) is 98.7 Å². The molecule has 5 saturated carbocycles. The summed E-state index contributed by atoms with van der Waals surface area (Å²) in [7, 11) is 0. The molecule has 22 heavy (non-hydrogen) atoms. The molecule has 3 nitrogen and oxygen atoms in total. The Balaban J connectivity index is 1.22. The van der Waals surface area contributed by atoms with Crippen molar-refractivity contribution in [2.45, 2.75) is 63.6 Å². The fraction of sp³-hybridized carbons (Fsp3) is 0.947. The highest BCUT2D eigenvalue weighted by Gasteiger charge is 2.63. The molecule has 4 bridgehead atoms. The summed E-state index contributed by atoms with van der Waals surface area (Å²) < 4.78 is 10.7. The molecule has 0 aromatic rings. The molecule has 1 aliphatic heterocycles. The Morgan fingerprint density at radius 1 is 0.636 bits per heavy atom. The quantitative estimate of drug-likeness (QED) is 0.542. The molecule has 5 aliphatic carbocycles. The normalized spacial score (nSPS) is 61.0. The predicted molar refractivity (Wildman–Crippen MR) is 80.0 cm³/mol. The van der Waals surface area contributed by atoms with Gasteiger partial charge in [0.15, 0.2) is 0 Å². The van der Waals surface area contributed by atoms with Crippen LogP contribution in [0.4, 0.5) is 4.79 Å². The zero-order chi connectivity index (χ0) is 14.4. The van der Waals surface area contributed by atoms with Gasteiger partial charge in [0.1, 0.15) is 12.2 Å². The van der Waals surface area contributed by atoms with Crippen molar-refractivity contribution in [2.24, 2.45) is 47.3 Å². The topological polar surface area (TPSA) is 35.5 Å². The molecular weight excluding hydrogens is 276 g/mol. The van der Waals surface area contributed by atoms with Crippen molar-refractivity contribution in [2.75, 3.05) is 0 Å². The number of carbonyl (C=O) groups excluding carboxylic acids is 1. The monoisotopic (exact) mass is 302 g/mol. The van der Waals surface area contributed by atoms with Crippen LogP contribution in [0.1, 0.15) is 51.4 Å². The van der Waals surface area contributed by atoms with E-state index in [1.54, 1.807) is 12.8 Å². The van der Waals surface area contributed by atoms with Crippen molar-refractivity contribution < 1.29 is 14.3 Å². The molecule has 6 fully saturated rings. The lowest BCUT2D eigenvalue weighted by Crippen LogP contribution is -2.40. The third kappa shape index (κ3) is 1.51. The van der Waals surface area contributed by atoms with E-state index in [9.17, 15) is 4.79 Å². The van der Waals surface area contributed by atoms with Gasteiger partial charge in [-0.2, -0.15) is 0 Å². The second-order valence-electron chi connectivity index (χ2n) is 9.18. The largest absolute Gasteiger partial charge is 0.509 e. The first-order valence-corrected chi connectivity index (χ1v) is 9.65. The first kappa shape index (κ1) is 12.7. The molecule has 10 unspecified atom stereocenters. The molecular formula is C19H26O3. The summed E-state index contributed by atoms with van der Waals surface area (Å²) in [6, 6.07) is 0. The molecule has 1 heterocycles. The maximum atomic E-state index is 11.4. The lowest BCUT2D eigenvalue weighted by atomic mass is 9.62. The van der Waals surface area contributed by atoms with E-state index < -0.39 is 6.16 Å². The molecule has 0 N–H and O–H groups in total. The van der Waals surface area contributed by atoms with Crippen molar-refractivity contribution >= 4 is 6.16 Å². The fourth-order valence-corrected chi connectivity index (χ4v) is 8.21. The van der Waals surface area contributed by atoms with Crippen molar-refractivity contribution in [1.82, 2.24) is 0 Å². The van der Waals surface area contributed by atoms with Gasteiger partial charge in [-0.15, -0.1) is 0 Å². The number of hydrogen-bond acceptors (Lipinski definition) is 3. The van der Waals surface area contributed by atoms with E-state index >= 15 is 0 Å². The molecule has 1 saturated heterocycles. The van der Waals surface area contributed by atoms with E-state index in [0.29, 0.717) is 0 Å². The van der Waals surface area contributed by atoms with Crippen LogP contribution in [0.25, 0.3) is 0 Å². The maximum absolute atomic E-state index is 11.4. The van der Waals surface area contributed by atoms with Crippen LogP contribution in [-0.2, 0) is 9.47 Å². The Kier molecular flexibility index (Phi) is 2.42. The third-order valence-electron chi connectivity index (χ3n) is 8.66. The number of hydrogen-bond donors (Lipinski definition) is 0. The summed E-state index contributed by atoms with van der Waals surface area (Å²) in [5, 5.41) is 0. The Bertz CT molecular complexity index is 517. The van der Waals surface area contributed by atoms with Crippen molar-refractivity contribution in [3.05, 3.63) is 0 Å². The molecule has 6 aliphatic rings. The Morgan fingerprint density at radius 3 is 2.27 bits per heavy atom. The smallest absolute Gasteiger partial charge is 0.427 e. The molecule has 0 spiro atoms. The summed E-state index contributed by atoms with van der Waals surface area (Å²) in [5.41, 5.74) is 0. The van der Waals surface area contributed by atoms with Gasteiger partial charge in [-0.25, -0.2) is 4.79 Å². The molecule has 10 atom stereocenters. The van der Waals surface area contributed by atoms with E-state index in [-0.39, 0.29) is 12.2 Å². The summed E-state index contributed by atoms with van der Waals surface area (Å²) >= 11 is 0. The third-order valence-corrected chi connectivity index (χ3v) is 8.66. The number of ether oxygens (including phenoxy) is 2. The standard InChI is InChI=1S/C19H26O3/c20-19-21-15-4-3-9(8-16(15)22-19)13-6-12-7-14(13)18-11-2-1-10(5-11)17(12)18/h9-18H,1-8H2. The molecule has 0 aromatic heterocycles. The Morgan fingerprint density at radius 2 is 1.36 bits per heavy atom. The van der Waals surface area contributed by atoms with Crippen LogP contribution in [0.15, 0.2) is 0 Å². The van der Waals surface area contributed by atoms with Gasteiger partial charge in [-0.1, -0.05) is 0 Å². The lowest BCUT2D eigenvalue weighted by molar-refractivity contribution is 0.0188. The van der Waals surface area contributed by atoms with Crippen molar-refractivity contribution in [1.29, 1.82) is 0 Å². The Labute approximate surface area is 132 Å². The van der Waals surface area contributed by atoms with Crippen LogP contribution < -0.4 is 0 Å². The number of rotatable bonds is 1. The minimum atomic E-state index is -0.420. The van der Waals surface area contributed by atoms with Gasteiger partial charge < -0.3 is 9.47 Å². The zero-order valence-corrected chi connectivity index (χ0v) is 13.2. The summed E-state index contributed by atoms with van der Waals surface area (Å²) in [4.78, 5) is 11.4. The SMILES string of the molecule is O=C1OC2CCC(C3CC4CC3C3C5CCC(C5)C43)CC2O1. The van der Waals surface area contributed by atoms with Crippen LogP contribution in [-0.4, -0.2) is 18.4 Å². The molecule has 6 rings (SSSR count). The first-order chi connectivity index (χ1) is 10.8. The summed E-state index contributed by atoms with van der Waals surface area (Å²) in [5.74, 6) is 8.19. The van der Waals surface area contributed by atoms with Gasteiger partial charge >= 0.3 is 6.16 Å². The highest BCUT2D eigenvalue weighted by molar-refractivity contribution is 5.62. The van der Waals surface area contributed by atoms with Crippen molar-refractivity contribution in [3.63, 3.8) is 0 Å². The number of carbonyl (C=O) groups is 1. The van der Waals surface area contributed by atoms with E-state index in [1.807, 2.05) is 0 Å². The highest BCUT2D eigenvalue weighted by Crippen LogP contribution is 2.70. The highest BCUT2D eigenvalue weighted by atomic mass is 16.8. The Hall–Kier alpha value is -0.730. The molecule has 120 valence electrons. The van der Waals surface area contributed by atoms with E-state index in [1.165, 1.54) is 25.7 Å². The average Bonchev–Trinajstić information content (AvgIpc) is 3.29. The van der Waals surface area contributed by atoms with Crippen molar-refractivity contribution in [3.8, 4) is 0 Å². The lowest BCUT2D eigenvalue weighted by Gasteiger charge is -2.43. The van der Waals surface area contributed by atoms with Gasteiger partial charge in [0.25, 0.3) is 0 Å². The van der Waals surface area contributed by atoms with Gasteiger partial charge in [0.2, 0.25) is 0 Å². The minimum Gasteiger partial charge on any atom is -0.427 e. The summed E-state index contributed by atoms with van der Waals surface area (Å²) in [6.45, 7) is 0. The number of fused-ring (bicyclic) bond motifs is 10. The molecule has 3 heteroatoms. The minimum absolute atomic E-state index is 0.0672. The fourth-order valence-electron chi connectivity index (χ4n) is 8.21. The van der Waals surface area contributed by atoms with Crippen LogP contribution in [0.3, 0.4) is 0 Å². The average molecular weight is 302 g/mol. The van der Waals surface area contributed by atoms with Gasteiger partial charge in [0.05, 0.1) is 0 Å². The van der Waals surface area contributed by atoms with Gasteiger partial charge in [-0.3, -0.25) is 0 Å². The van der Waals surface area contributed by atoms with Crippen LogP contribution in [0.2, 0.25) is 0 Å². The van der Waals surface area contributed by atoms with E-state index in [4.69, 9.17) is 9.47 Å². The zero-order valence-electron chi connectivity index (χ0n) is 13.2. The van der Waals surface area contributed by atoms with Gasteiger partial charge in [0, 0.05) is 0 Å². The van der Waals surface area contributed by atoms with Crippen LogP contribution in [0, 0.1) is 47.3 Å². The van der Waals surface area contributed by atoms with E-state index in [2.05, 4.69) is 0 Å². The molecule has 0 aromatic carbocycles. The first-order valence-electron chi connectivity index (χ1n) is 9.65.